The Morgan fingerprint density at radius 3 is 3.18 bits per heavy atom. The van der Waals surface area contributed by atoms with Crippen molar-refractivity contribution in [3.05, 3.63) is 24.5 Å². The van der Waals surface area contributed by atoms with E-state index in [1.165, 1.54) is 0 Å². The van der Waals surface area contributed by atoms with Gasteiger partial charge in [0.15, 0.2) is 5.65 Å². The van der Waals surface area contributed by atoms with Gasteiger partial charge in [-0.25, -0.2) is 9.50 Å². The van der Waals surface area contributed by atoms with E-state index in [9.17, 15) is 0 Å². The van der Waals surface area contributed by atoms with Gasteiger partial charge in [0.25, 0.3) is 0 Å². The average molecular weight is 232 g/mol. The topological polar surface area (TPSA) is 51.5 Å². The van der Waals surface area contributed by atoms with Gasteiger partial charge in [0.1, 0.15) is 5.82 Å². The maximum Gasteiger partial charge on any atom is 0.157 e. The van der Waals surface area contributed by atoms with Gasteiger partial charge in [-0.3, -0.25) is 0 Å². The molecule has 3 rings (SSSR count). The molecule has 0 saturated heterocycles. The molecule has 0 aromatic carbocycles. The lowest BCUT2D eigenvalue weighted by atomic mass is 9.89. The fourth-order valence-corrected chi connectivity index (χ4v) is 2.16. The number of nitrogens with zero attached hydrogens (tertiary/aromatic N) is 3. The van der Waals surface area contributed by atoms with Crippen LogP contribution in [0.3, 0.4) is 0 Å². The van der Waals surface area contributed by atoms with Crippen molar-refractivity contribution in [2.24, 2.45) is 0 Å². The van der Waals surface area contributed by atoms with E-state index >= 15 is 0 Å². The zero-order valence-corrected chi connectivity index (χ0v) is 9.84. The SMILES string of the molecule is CCOC1CC(Nc2ccn3nccc3n2)C1. The summed E-state index contributed by atoms with van der Waals surface area (Å²) in [5, 5.41) is 7.53. The molecule has 2 heterocycles. The number of rotatable bonds is 4. The van der Waals surface area contributed by atoms with Gasteiger partial charge in [-0.1, -0.05) is 0 Å². The summed E-state index contributed by atoms with van der Waals surface area (Å²) in [4.78, 5) is 4.48. The van der Waals surface area contributed by atoms with E-state index in [1.807, 2.05) is 25.3 Å². The zero-order valence-electron chi connectivity index (χ0n) is 9.84. The van der Waals surface area contributed by atoms with Crippen LogP contribution in [0, 0.1) is 0 Å². The normalized spacial score (nSPS) is 23.6. The second kappa shape index (κ2) is 4.33. The van der Waals surface area contributed by atoms with Crippen molar-refractivity contribution < 1.29 is 4.74 Å². The number of fused-ring (bicyclic) bond motifs is 1. The highest BCUT2D eigenvalue weighted by molar-refractivity contribution is 5.46. The van der Waals surface area contributed by atoms with Gasteiger partial charge in [-0.15, -0.1) is 0 Å². The van der Waals surface area contributed by atoms with Gasteiger partial charge >= 0.3 is 0 Å². The molecule has 1 saturated carbocycles. The number of hydrogen-bond acceptors (Lipinski definition) is 4. The molecule has 0 unspecified atom stereocenters. The van der Waals surface area contributed by atoms with Gasteiger partial charge in [0, 0.05) is 24.9 Å². The Bertz CT molecular complexity index is 504. The van der Waals surface area contributed by atoms with Crippen LogP contribution < -0.4 is 5.32 Å². The standard InChI is InChI=1S/C12H16N4O/c1-2-17-10-7-9(8-10)14-11-4-6-16-12(15-11)3-5-13-16/h3-6,9-10H,2,7-8H2,1H3,(H,14,15). The maximum absolute atomic E-state index is 5.53. The third-order valence-corrected chi connectivity index (χ3v) is 3.11. The quantitative estimate of drug-likeness (QED) is 0.871. The zero-order chi connectivity index (χ0) is 11.7. The minimum absolute atomic E-state index is 0.427. The molecule has 0 aliphatic heterocycles. The van der Waals surface area contributed by atoms with Gasteiger partial charge in [-0.05, 0) is 25.8 Å². The summed E-state index contributed by atoms with van der Waals surface area (Å²) in [5.41, 5.74) is 0.871. The largest absolute Gasteiger partial charge is 0.378 e. The second-order valence-electron chi connectivity index (χ2n) is 4.34. The van der Waals surface area contributed by atoms with Crippen molar-refractivity contribution in [2.45, 2.75) is 31.9 Å². The number of aromatic nitrogens is 3. The lowest BCUT2D eigenvalue weighted by Crippen LogP contribution is -2.41. The van der Waals surface area contributed by atoms with Crippen LogP contribution in [0.4, 0.5) is 5.82 Å². The van der Waals surface area contributed by atoms with Crippen LogP contribution in [0.1, 0.15) is 19.8 Å². The number of hydrogen-bond donors (Lipinski definition) is 1. The van der Waals surface area contributed by atoms with Crippen LogP contribution in [0.25, 0.3) is 5.65 Å². The lowest BCUT2D eigenvalue weighted by molar-refractivity contribution is 0.00293. The van der Waals surface area contributed by atoms with E-state index in [2.05, 4.69) is 15.4 Å². The highest BCUT2D eigenvalue weighted by atomic mass is 16.5. The highest BCUT2D eigenvalue weighted by Crippen LogP contribution is 2.26. The molecule has 90 valence electrons. The Hall–Kier alpha value is -1.62. The molecule has 0 radical (unpaired) electrons. The molecule has 1 aliphatic carbocycles. The molecule has 0 amide bonds. The molecule has 5 heteroatoms. The monoisotopic (exact) mass is 232 g/mol. The molecule has 0 spiro atoms. The minimum atomic E-state index is 0.427. The maximum atomic E-state index is 5.53. The Labute approximate surface area is 99.8 Å². The van der Waals surface area contributed by atoms with E-state index in [0.29, 0.717) is 12.1 Å². The molecule has 1 aliphatic rings. The van der Waals surface area contributed by atoms with Crippen molar-refractivity contribution in [1.29, 1.82) is 0 Å². The first kappa shape index (κ1) is 10.5. The molecular weight excluding hydrogens is 216 g/mol. The fraction of sp³-hybridized carbons (Fsp3) is 0.500. The smallest absolute Gasteiger partial charge is 0.157 e. The summed E-state index contributed by atoms with van der Waals surface area (Å²) in [5.74, 6) is 0.915. The van der Waals surface area contributed by atoms with E-state index in [0.717, 1.165) is 30.9 Å². The molecule has 5 nitrogen and oxygen atoms in total. The molecule has 17 heavy (non-hydrogen) atoms. The molecule has 1 N–H and O–H groups in total. The Balaban J connectivity index is 1.62. The van der Waals surface area contributed by atoms with Gasteiger partial charge in [0.2, 0.25) is 0 Å². The van der Waals surface area contributed by atoms with E-state index in [-0.39, 0.29) is 0 Å². The lowest BCUT2D eigenvalue weighted by Gasteiger charge is -2.35. The molecule has 2 aromatic heterocycles. The molecule has 1 fully saturated rings. The summed E-state index contributed by atoms with van der Waals surface area (Å²) in [6.07, 6.45) is 6.24. The predicted octanol–water partition coefficient (Wildman–Crippen LogP) is 1.71. The first-order chi connectivity index (χ1) is 8.35. The van der Waals surface area contributed by atoms with Crippen LogP contribution in [0.5, 0.6) is 0 Å². The third-order valence-electron chi connectivity index (χ3n) is 3.11. The van der Waals surface area contributed by atoms with Crippen LogP contribution in [-0.4, -0.2) is 33.4 Å². The van der Waals surface area contributed by atoms with Crippen LogP contribution >= 0.6 is 0 Å². The first-order valence-electron chi connectivity index (χ1n) is 6.03. The van der Waals surface area contributed by atoms with Crippen molar-refractivity contribution in [3.8, 4) is 0 Å². The summed E-state index contributed by atoms with van der Waals surface area (Å²) >= 11 is 0. The van der Waals surface area contributed by atoms with E-state index in [4.69, 9.17) is 4.74 Å². The van der Waals surface area contributed by atoms with E-state index in [1.54, 1.807) is 10.7 Å². The van der Waals surface area contributed by atoms with Gasteiger partial charge in [0.05, 0.1) is 12.3 Å². The van der Waals surface area contributed by atoms with Crippen molar-refractivity contribution in [1.82, 2.24) is 14.6 Å². The van der Waals surface area contributed by atoms with Gasteiger partial charge < -0.3 is 10.1 Å². The van der Waals surface area contributed by atoms with Crippen molar-refractivity contribution in [3.63, 3.8) is 0 Å². The van der Waals surface area contributed by atoms with Gasteiger partial charge in [-0.2, -0.15) is 5.10 Å². The predicted molar refractivity (Wildman–Crippen MR) is 65.0 cm³/mol. The second-order valence-corrected chi connectivity index (χ2v) is 4.34. The average Bonchev–Trinajstić information content (AvgIpc) is 2.73. The Morgan fingerprint density at radius 1 is 1.47 bits per heavy atom. The molecule has 0 atom stereocenters. The van der Waals surface area contributed by atoms with E-state index < -0.39 is 0 Å². The van der Waals surface area contributed by atoms with Crippen molar-refractivity contribution in [2.75, 3.05) is 11.9 Å². The minimum Gasteiger partial charge on any atom is -0.378 e. The summed E-state index contributed by atoms with van der Waals surface area (Å²) in [7, 11) is 0. The number of nitrogens with one attached hydrogen (secondary N) is 1. The number of anilines is 1. The summed E-state index contributed by atoms with van der Waals surface area (Å²) in [6.45, 7) is 2.84. The van der Waals surface area contributed by atoms with Crippen LogP contribution in [0.15, 0.2) is 24.5 Å². The number of ether oxygens (including phenoxy) is 1. The summed E-state index contributed by atoms with van der Waals surface area (Å²) < 4.78 is 7.29. The Morgan fingerprint density at radius 2 is 2.35 bits per heavy atom. The molecule has 2 aromatic rings. The summed E-state index contributed by atoms with van der Waals surface area (Å²) in [6, 6.07) is 4.34. The Kier molecular flexibility index (Phi) is 2.68. The molecule has 0 bridgehead atoms. The highest BCUT2D eigenvalue weighted by Gasteiger charge is 2.29. The third kappa shape index (κ3) is 2.10. The first-order valence-corrected chi connectivity index (χ1v) is 6.03. The van der Waals surface area contributed by atoms with Crippen LogP contribution in [-0.2, 0) is 4.74 Å². The fourth-order valence-electron chi connectivity index (χ4n) is 2.16. The van der Waals surface area contributed by atoms with Crippen molar-refractivity contribution >= 4 is 11.5 Å². The molecular formula is C12H16N4O. The van der Waals surface area contributed by atoms with Crippen LogP contribution in [0.2, 0.25) is 0 Å².